The highest BCUT2D eigenvalue weighted by Crippen LogP contribution is 2.26. The minimum Gasteiger partial charge on any atom is -0.325 e. The predicted molar refractivity (Wildman–Crippen MR) is 119 cm³/mol. The van der Waals surface area contributed by atoms with E-state index < -0.39 is 0 Å². The molecule has 2 N–H and O–H groups in total. The van der Waals surface area contributed by atoms with Crippen LogP contribution in [0, 0.1) is 27.7 Å². The first-order valence-electron chi connectivity index (χ1n) is 9.03. The van der Waals surface area contributed by atoms with Gasteiger partial charge in [0.05, 0.1) is 5.75 Å². The molecular formula is C21H22N4O2S2. The molecule has 6 nitrogen and oxygen atoms in total. The van der Waals surface area contributed by atoms with Crippen molar-refractivity contribution in [2.75, 3.05) is 16.4 Å². The van der Waals surface area contributed by atoms with Crippen LogP contribution in [-0.4, -0.2) is 27.8 Å². The van der Waals surface area contributed by atoms with Gasteiger partial charge >= 0.3 is 0 Å². The number of nitrogens with zero attached hydrogens (tertiary/aromatic N) is 2. The summed E-state index contributed by atoms with van der Waals surface area (Å²) >= 11 is 2.53. The number of carbonyl (C=O) groups excluding carboxylic acids is 2. The summed E-state index contributed by atoms with van der Waals surface area (Å²) in [6, 6.07) is 11.6. The lowest BCUT2D eigenvalue weighted by molar-refractivity contribution is -0.113. The lowest BCUT2D eigenvalue weighted by atomic mass is 10.1. The maximum atomic E-state index is 12.4. The van der Waals surface area contributed by atoms with Crippen LogP contribution in [0.5, 0.6) is 0 Å². The fourth-order valence-corrected chi connectivity index (χ4v) is 4.32. The average molecular weight is 427 g/mol. The van der Waals surface area contributed by atoms with E-state index in [1.165, 1.54) is 23.1 Å². The molecule has 0 fully saturated rings. The number of benzene rings is 2. The Morgan fingerprint density at radius 3 is 2.38 bits per heavy atom. The molecule has 1 heterocycles. The lowest BCUT2D eigenvalue weighted by Crippen LogP contribution is -2.14. The van der Waals surface area contributed by atoms with Crippen molar-refractivity contribution in [3.63, 3.8) is 0 Å². The number of hydrogen-bond donors (Lipinski definition) is 2. The normalized spacial score (nSPS) is 10.6. The molecular weight excluding hydrogens is 404 g/mol. The number of rotatable bonds is 6. The van der Waals surface area contributed by atoms with Crippen LogP contribution >= 0.6 is 23.1 Å². The van der Waals surface area contributed by atoms with Gasteiger partial charge in [-0.3, -0.25) is 14.9 Å². The van der Waals surface area contributed by atoms with Gasteiger partial charge in [-0.25, -0.2) is 0 Å². The van der Waals surface area contributed by atoms with Gasteiger partial charge < -0.3 is 5.32 Å². The Morgan fingerprint density at radius 1 is 0.931 bits per heavy atom. The zero-order chi connectivity index (χ0) is 21.0. The number of aryl methyl sites for hydroxylation is 4. The third kappa shape index (κ3) is 5.88. The Balaban J connectivity index is 1.55. The van der Waals surface area contributed by atoms with Crippen LogP contribution in [0.3, 0.4) is 0 Å². The van der Waals surface area contributed by atoms with Gasteiger partial charge in [0, 0.05) is 11.3 Å². The molecule has 1 aromatic heterocycles. The van der Waals surface area contributed by atoms with Crippen LogP contribution in [0.15, 0.2) is 40.7 Å². The van der Waals surface area contributed by atoms with Crippen LogP contribution in [-0.2, 0) is 4.79 Å². The van der Waals surface area contributed by atoms with Crippen molar-refractivity contribution in [3.05, 3.63) is 64.2 Å². The first-order chi connectivity index (χ1) is 13.8. The van der Waals surface area contributed by atoms with Crippen LogP contribution in [0.25, 0.3) is 0 Å². The zero-order valence-corrected chi connectivity index (χ0v) is 18.3. The van der Waals surface area contributed by atoms with Gasteiger partial charge in [0.25, 0.3) is 5.91 Å². The first-order valence-corrected chi connectivity index (χ1v) is 10.8. The second kappa shape index (κ2) is 9.19. The molecule has 2 aromatic carbocycles. The number of nitrogens with one attached hydrogen (secondary N) is 2. The van der Waals surface area contributed by atoms with E-state index in [0.29, 0.717) is 15.0 Å². The Kier molecular flexibility index (Phi) is 6.66. The van der Waals surface area contributed by atoms with Crippen molar-refractivity contribution >= 4 is 45.7 Å². The number of hydrogen-bond acceptors (Lipinski definition) is 6. The molecule has 0 spiro atoms. The number of aromatic nitrogens is 2. The van der Waals surface area contributed by atoms with Gasteiger partial charge in [0.15, 0.2) is 4.34 Å². The SMILES string of the molecule is Cc1cc(C)cc(C(=O)Nc2nnc(SCC(=O)Nc3cc(C)ccc3C)s2)c1. The number of anilines is 2. The fourth-order valence-electron chi connectivity index (χ4n) is 2.78. The third-order valence-corrected chi connectivity index (χ3v) is 6.08. The number of carbonyl (C=O) groups is 2. The molecule has 3 rings (SSSR count). The molecule has 0 saturated carbocycles. The van der Waals surface area contributed by atoms with E-state index in [1.54, 1.807) is 0 Å². The number of amides is 2. The van der Waals surface area contributed by atoms with E-state index in [-0.39, 0.29) is 17.6 Å². The molecule has 29 heavy (non-hydrogen) atoms. The molecule has 0 unspecified atom stereocenters. The second-order valence-corrected chi connectivity index (χ2v) is 9.06. The maximum Gasteiger partial charge on any atom is 0.257 e. The molecule has 2 amide bonds. The van der Waals surface area contributed by atoms with E-state index in [1.807, 2.05) is 64.1 Å². The molecule has 3 aromatic rings. The Labute approximate surface area is 178 Å². The third-order valence-electron chi connectivity index (χ3n) is 4.10. The molecule has 0 aliphatic carbocycles. The summed E-state index contributed by atoms with van der Waals surface area (Å²) < 4.78 is 0.622. The van der Waals surface area contributed by atoms with Crippen LogP contribution in [0.1, 0.15) is 32.6 Å². The summed E-state index contributed by atoms with van der Waals surface area (Å²) in [5.41, 5.74) is 5.55. The zero-order valence-electron chi connectivity index (χ0n) is 16.7. The lowest BCUT2D eigenvalue weighted by Gasteiger charge is -2.08. The number of thioether (sulfide) groups is 1. The highest BCUT2D eigenvalue weighted by molar-refractivity contribution is 8.01. The molecule has 8 heteroatoms. The fraction of sp³-hybridized carbons (Fsp3) is 0.238. The molecule has 0 radical (unpaired) electrons. The van der Waals surface area contributed by atoms with Crippen LogP contribution in [0.2, 0.25) is 0 Å². The van der Waals surface area contributed by atoms with Crippen molar-refractivity contribution in [2.45, 2.75) is 32.0 Å². The Morgan fingerprint density at radius 2 is 1.66 bits per heavy atom. The summed E-state index contributed by atoms with van der Waals surface area (Å²) in [6.45, 7) is 7.84. The van der Waals surface area contributed by atoms with E-state index in [4.69, 9.17) is 0 Å². The molecule has 150 valence electrons. The van der Waals surface area contributed by atoms with E-state index in [9.17, 15) is 9.59 Å². The molecule has 0 aliphatic rings. The summed E-state index contributed by atoms with van der Waals surface area (Å²) in [5, 5.41) is 14.1. The van der Waals surface area contributed by atoms with Gasteiger partial charge in [-0.15, -0.1) is 10.2 Å². The van der Waals surface area contributed by atoms with Gasteiger partial charge in [-0.05, 0) is 57.0 Å². The minimum absolute atomic E-state index is 0.111. The summed E-state index contributed by atoms with van der Waals surface area (Å²) in [4.78, 5) is 24.7. The molecule has 0 aliphatic heterocycles. The van der Waals surface area contributed by atoms with Crippen molar-refractivity contribution in [1.29, 1.82) is 0 Å². The minimum atomic E-state index is -0.225. The van der Waals surface area contributed by atoms with Crippen molar-refractivity contribution in [2.24, 2.45) is 0 Å². The summed E-state index contributed by atoms with van der Waals surface area (Å²) in [6.07, 6.45) is 0. The Bertz CT molecular complexity index is 1040. The van der Waals surface area contributed by atoms with Gasteiger partial charge in [-0.2, -0.15) is 0 Å². The smallest absolute Gasteiger partial charge is 0.257 e. The first kappa shape index (κ1) is 21.0. The highest BCUT2D eigenvalue weighted by Gasteiger charge is 2.13. The summed E-state index contributed by atoms with van der Waals surface area (Å²) in [5.74, 6) is -0.121. The van der Waals surface area contributed by atoms with E-state index in [2.05, 4.69) is 20.8 Å². The van der Waals surface area contributed by atoms with Crippen LogP contribution in [0.4, 0.5) is 10.8 Å². The average Bonchev–Trinajstić information content (AvgIpc) is 3.09. The largest absolute Gasteiger partial charge is 0.325 e. The molecule has 0 atom stereocenters. The predicted octanol–water partition coefficient (Wildman–Crippen LogP) is 4.75. The second-order valence-electron chi connectivity index (χ2n) is 6.86. The maximum absolute atomic E-state index is 12.4. The van der Waals surface area contributed by atoms with Crippen LogP contribution < -0.4 is 10.6 Å². The molecule has 0 saturated heterocycles. The highest BCUT2D eigenvalue weighted by atomic mass is 32.2. The monoisotopic (exact) mass is 426 g/mol. The van der Waals surface area contributed by atoms with E-state index in [0.717, 1.165) is 27.9 Å². The Hall–Kier alpha value is -2.71. The quantitative estimate of drug-likeness (QED) is 0.439. The van der Waals surface area contributed by atoms with Crippen molar-refractivity contribution < 1.29 is 9.59 Å². The van der Waals surface area contributed by atoms with Gasteiger partial charge in [-0.1, -0.05) is 52.4 Å². The standard InChI is InChI=1S/C21H22N4O2S2/c1-12-5-6-15(4)17(10-12)22-18(26)11-28-21-25-24-20(29-21)23-19(27)16-8-13(2)7-14(3)9-16/h5-10H,11H2,1-4H3,(H,22,26)(H,23,24,27). The van der Waals surface area contributed by atoms with Crippen molar-refractivity contribution in [3.8, 4) is 0 Å². The van der Waals surface area contributed by atoms with Gasteiger partial charge in [0.1, 0.15) is 0 Å². The molecule has 0 bridgehead atoms. The topological polar surface area (TPSA) is 84.0 Å². The summed E-state index contributed by atoms with van der Waals surface area (Å²) in [7, 11) is 0. The van der Waals surface area contributed by atoms with E-state index >= 15 is 0 Å². The van der Waals surface area contributed by atoms with Crippen molar-refractivity contribution in [1.82, 2.24) is 10.2 Å². The van der Waals surface area contributed by atoms with Gasteiger partial charge in [0.2, 0.25) is 11.0 Å².